The first-order valence-corrected chi connectivity index (χ1v) is 10.4. The molecule has 2 aromatic heterocycles. The summed E-state index contributed by atoms with van der Waals surface area (Å²) in [6.45, 7) is 1.88. The van der Waals surface area contributed by atoms with Crippen LogP contribution < -0.4 is 10.9 Å². The van der Waals surface area contributed by atoms with E-state index < -0.39 is 53.9 Å². The van der Waals surface area contributed by atoms with Crippen molar-refractivity contribution in [1.29, 1.82) is 0 Å². The predicted molar refractivity (Wildman–Crippen MR) is 111 cm³/mol. The number of fused-ring (bicyclic) bond motifs is 1. The number of alkyl halides is 6. The second kappa shape index (κ2) is 8.47. The highest BCUT2D eigenvalue weighted by atomic mass is 19.4. The molecule has 0 saturated carbocycles. The number of pyridine rings is 1. The number of aryl methyl sites for hydroxylation is 1. The molecule has 1 aromatic carbocycles. The number of anilines is 1. The smallest absolute Gasteiger partial charge is 0.379 e. The number of benzene rings is 1. The number of nitrogens with zero attached hydrogens (tertiary/aromatic N) is 3. The van der Waals surface area contributed by atoms with Crippen LogP contribution in [0.15, 0.2) is 35.3 Å². The summed E-state index contributed by atoms with van der Waals surface area (Å²) in [6, 6.07) is 2.67. The standard InChI is InChI=1S/C22H19F7N4O2/c1-11(13-4-3-5-15(18(13)23)21(24,25)26)30-19-14-9-33(17(34)8-16(14)31-12(2)32-19)20(22(27,28)29)6-7-35-10-20/h3-5,8-9,11H,6-7,10H2,1-2H3,(H,30,31,32)/t11-,20?/m1/s1. The minimum Gasteiger partial charge on any atom is -0.379 e. The predicted octanol–water partition coefficient (Wildman–Crippen LogP) is 5.11. The van der Waals surface area contributed by atoms with Crippen molar-refractivity contribution < 1.29 is 35.5 Å². The van der Waals surface area contributed by atoms with Gasteiger partial charge in [-0.05, 0) is 19.9 Å². The molecule has 6 nitrogen and oxygen atoms in total. The summed E-state index contributed by atoms with van der Waals surface area (Å²) in [6.07, 6.45) is -9.25. The number of ether oxygens (including phenoxy) is 1. The van der Waals surface area contributed by atoms with Gasteiger partial charge in [-0.15, -0.1) is 0 Å². The monoisotopic (exact) mass is 504 g/mol. The molecule has 188 valence electrons. The topological polar surface area (TPSA) is 69.0 Å². The van der Waals surface area contributed by atoms with E-state index >= 15 is 0 Å². The minimum absolute atomic E-state index is 0.00459. The van der Waals surface area contributed by atoms with Gasteiger partial charge < -0.3 is 10.1 Å². The zero-order valence-electron chi connectivity index (χ0n) is 18.4. The molecule has 2 atom stereocenters. The van der Waals surface area contributed by atoms with Gasteiger partial charge in [0.2, 0.25) is 0 Å². The number of rotatable bonds is 4. The molecule has 13 heteroatoms. The Morgan fingerprint density at radius 3 is 2.49 bits per heavy atom. The lowest BCUT2D eigenvalue weighted by atomic mass is 9.97. The van der Waals surface area contributed by atoms with Crippen molar-refractivity contribution in [2.45, 2.75) is 44.2 Å². The van der Waals surface area contributed by atoms with Crippen LogP contribution in [0.2, 0.25) is 0 Å². The Balaban J connectivity index is 1.84. The molecule has 1 N–H and O–H groups in total. The Morgan fingerprint density at radius 2 is 1.89 bits per heavy atom. The van der Waals surface area contributed by atoms with E-state index in [-0.39, 0.29) is 34.7 Å². The molecule has 35 heavy (non-hydrogen) atoms. The van der Waals surface area contributed by atoms with Crippen LogP contribution in [-0.2, 0) is 16.5 Å². The van der Waals surface area contributed by atoms with Crippen LogP contribution >= 0.6 is 0 Å². The van der Waals surface area contributed by atoms with Crippen molar-refractivity contribution in [3.63, 3.8) is 0 Å². The summed E-state index contributed by atoms with van der Waals surface area (Å²) in [5, 5.41) is 2.77. The van der Waals surface area contributed by atoms with E-state index in [2.05, 4.69) is 15.3 Å². The highest BCUT2D eigenvalue weighted by molar-refractivity contribution is 5.88. The first-order valence-electron chi connectivity index (χ1n) is 10.4. The molecule has 3 heterocycles. The van der Waals surface area contributed by atoms with Crippen LogP contribution in [0.3, 0.4) is 0 Å². The fourth-order valence-electron chi connectivity index (χ4n) is 4.15. The van der Waals surface area contributed by atoms with Crippen molar-refractivity contribution in [3.05, 3.63) is 63.6 Å². The highest BCUT2D eigenvalue weighted by Gasteiger charge is 2.59. The average molecular weight is 504 g/mol. The van der Waals surface area contributed by atoms with Crippen molar-refractivity contribution >= 4 is 16.7 Å². The molecule has 4 rings (SSSR count). The molecule has 1 fully saturated rings. The molecular formula is C22H19F7N4O2. The van der Waals surface area contributed by atoms with Gasteiger partial charge in [0.1, 0.15) is 17.5 Å². The number of halogens is 7. The lowest BCUT2D eigenvalue weighted by molar-refractivity contribution is -0.214. The zero-order chi connectivity index (χ0) is 25.8. The summed E-state index contributed by atoms with van der Waals surface area (Å²) >= 11 is 0. The van der Waals surface area contributed by atoms with Crippen molar-refractivity contribution in [2.24, 2.45) is 0 Å². The Bertz CT molecular complexity index is 1330. The van der Waals surface area contributed by atoms with Crippen LogP contribution in [0.25, 0.3) is 10.9 Å². The van der Waals surface area contributed by atoms with Crippen LogP contribution in [0.4, 0.5) is 36.6 Å². The molecule has 0 radical (unpaired) electrons. The Kier molecular flexibility index (Phi) is 6.02. The number of nitrogens with one attached hydrogen (secondary N) is 1. The summed E-state index contributed by atoms with van der Waals surface area (Å²) in [5.74, 6) is -1.41. The van der Waals surface area contributed by atoms with E-state index in [1.165, 1.54) is 13.8 Å². The third-order valence-corrected chi connectivity index (χ3v) is 5.99. The van der Waals surface area contributed by atoms with Crippen molar-refractivity contribution in [3.8, 4) is 0 Å². The van der Waals surface area contributed by atoms with E-state index in [9.17, 15) is 35.5 Å². The van der Waals surface area contributed by atoms with Crippen LogP contribution in [0, 0.1) is 12.7 Å². The largest absolute Gasteiger partial charge is 0.419 e. The third kappa shape index (κ3) is 4.32. The molecule has 0 amide bonds. The summed E-state index contributed by atoms with van der Waals surface area (Å²) in [7, 11) is 0. The lowest BCUT2D eigenvalue weighted by Crippen LogP contribution is -2.52. The summed E-state index contributed by atoms with van der Waals surface area (Å²) < 4.78 is 102. The van der Waals surface area contributed by atoms with Gasteiger partial charge in [0.25, 0.3) is 5.56 Å². The van der Waals surface area contributed by atoms with E-state index in [0.717, 1.165) is 24.4 Å². The van der Waals surface area contributed by atoms with Crippen LogP contribution in [0.5, 0.6) is 0 Å². The van der Waals surface area contributed by atoms with E-state index in [4.69, 9.17) is 4.74 Å². The van der Waals surface area contributed by atoms with Gasteiger partial charge in [0.15, 0.2) is 5.54 Å². The number of aromatic nitrogens is 3. The van der Waals surface area contributed by atoms with Gasteiger partial charge in [-0.3, -0.25) is 9.36 Å². The highest BCUT2D eigenvalue weighted by Crippen LogP contribution is 2.43. The van der Waals surface area contributed by atoms with Gasteiger partial charge in [0, 0.05) is 30.9 Å². The average Bonchev–Trinajstić information content (AvgIpc) is 3.23. The van der Waals surface area contributed by atoms with E-state index in [0.29, 0.717) is 10.6 Å². The van der Waals surface area contributed by atoms with Crippen molar-refractivity contribution in [2.75, 3.05) is 18.5 Å². The van der Waals surface area contributed by atoms with E-state index in [1.807, 2.05) is 0 Å². The molecular weight excluding hydrogens is 485 g/mol. The first-order chi connectivity index (χ1) is 16.2. The van der Waals surface area contributed by atoms with E-state index in [1.54, 1.807) is 0 Å². The van der Waals surface area contributed by atoms with Gasteiger partial charge in [0.05, 0.1) is 29.1 Å². The number of hydrogen-bond acceptors (Lipinski definition) is 5. The Morgan fingerprint density at radius 1 is 1.17 bits per heavy atom. The Hall–Kier alpha value is -3.22. The molecule has 1 unspecified atom stereocenters. The lowest BCUT2D eigenvalue weighted by Gasteiger charge is -2.32. The number of hydrogen-bond donors (Lipinski definition) is 1. The van der Waals surface area contributed by atoms with Gasteiger partial charge in [-0.2, -0.15) is 26.3 Å². The molecule has 0 aliphatic carbocycles. The second-order valence-electron chi connectivity index (χ2n) is 8.30. The maximum atomic E-state index is 14.6. The van der Waals surface area contributed by atoms with Gasteiger partial charge in [-0.1, -0.05) is 12.1 Å². The van der Waals surface area contributed by atoms with Crippen LogP contribution in [0.1, 0.15) is 36.3 Å². The maximum absolute atomic E-state index is 14.6. The molecule has 3 aromatic rings. The molecule has 0 spiro atoms. The normalized spacial score (nSPS) is 19.8. The summed E-state index contributed by atoms with van der Waals surface area (Å²) in [5.41, 5.74) is -5.31. The summed E-state index contributed by atoms with van der Waals surface area (Å²) in [4.78, 5) is 20.9. The van der Waals surface area contributed by atoms with Crippen molar-refractivity contribution in [1.82, 2.24) is 14.5 Å². The van der Waals surface area contributed by atoms with Crippen LogP contribution in [-0.4, -0.2) is 33.9 Å². The molecule has 1 saturated heterocycles. The van der Waals surface area contributed by atoms with Gasteiger partial charge >= 0.3 is 12.4 Å². The fourth-order valence-corrected chi connectivity index (χ4v) is 4.15. The second-order valence-corrected chi connectivity index (χ2v) is 8.30. The first kappa shape index (κ1) is 24.9. The molecule has 0 bridgehead atoms. The zero-order valence-corrected chi connectivity index (χ0v) is 18.4. The fraction of sp³-hybridized carbons (Fsp3) is 0.409. The molecule has 1 aliphatic rings. The molecule has 1 aliphatic heterocycles. The SMILES string of the molecule is Cc1nc(N[C@H](C)c2cccc(C(F)(F)F)c2F)c2cn(C3(C(F)(F)F)CCOC3)c(=O)cc2n1. The quantitative estimate of drug-likeness (QED) is 0.501. The maximum Gasteiger partial charge on any atom is 0.419 e. The Labute approximate surface area is 193 Å². The van der Waals surface area contributed by atoms with Gasteiger partial charge in [-0.25, -0.2) is 14.4 Å². The minimum atomic E-state index is -4.91. The third-order valence-electron chi connectivity index (χ3n) is 5.99.